The molecule has 2 N–H and O–H groups in total. The van der Waals surface area contributed by atoms with Crippen LogP contribution in [0.2, 0.25) is 0 Å². The van der Waals surface area contributed by atoms with Crippen molar-refractivity contribution in [2.45, 2.75) is 50.5 Å². The Balaban J connectivity index is 1.71. The minimum atomic E-state index is -0.731. The third-order valence-corrected chi connectivity index (χ3v) is 4.57. The first kappa shape index (κ1) is 18.8. The quantitative estimate of drug-likeness (QED) is 0.782. The zero-order valence-electron chi connectivity index (χ0n) is 14.8. The molecule has 138 valence electrons. The topological polar surface area (TPSA) is 58.9 Å². The molecule has 4 atom stereocenters. The van der Waals surface area contributed by atoms with Gasteiger partial charge in [0.05, 0.1) is 25.4 Å². The van der Waals surface area contributed by atoms with Gasteiger partial charge in [0, 0.05) is 0 Å². The highest BCUT2D eigenvalue weighted by Crippen LogP contribution is 2.23. The summed E-state index contributed by atoms with van der Waals surface area (Å²) >= 11 is 0. The van der Waals surface area contributed by atoms with E-state index in [1.165, 1.54) is 0 Å². The molecule has 4 nitrogen and oxygen atoms in total. The fourth-order valence-electron chi connectivity index (χ4n) is 3.12. The zero-order chi connectivity index (χ0) is 18.2. The Labute approximate surface area is 154 Å². The predicted octanol–water partition coefficient (Wildman–Crippen LogP) is 3.23. The second kappa shape index (κ2) is 9.64. The minimum absolute atomic E-state index is 0.365. The van der Waals surface area contributed by atoms with Gasteiger partial charge in [-0.25, -0.2) is 0 Å². The summed E-state index contributed by atoms with van der Waals surface area (Å²) in [5, 5.41) is 21.1. The zero-order valence-corrected chi connectivity index (χ0v) is 14.8. The van der Waals surface area contributed by atoms with Gasteiger partial charge in [-0.2, -0.15) is 0 Å². The van der Waals surface area contributed by atoms with Gasteiger partial charge in [0.1, 0.15) is 12.2 Å². The van der Waals surface area contributed by atoms with Gasteiger partial charge in [-0.3, -0.25) is 0 Å². The van der Waals surface area contributed by atoms with E-state index < -0.39 is 24.4 Å². The molecule has 0 unspecified atom stereocenters. The van der Waals surface area contributed by atoms with Crippen LogP contribution in [0.4, 0.5) is 0 Å². The molecule has 2 aromatic rings. The van der Waals surface area contributed by atoms with Crippen LogP contribution in [0.5, 0.6) is 0 Å². The van der Waals surface area contributed by atoms with E-state index in [9.17, 15) is 10.2 Å². The van der Waals surface area contributed by atoms with Crippen molar-refractivity contribution in [1.29, 1.82) is 0 Å². The largest absolute Gasteiger partial charge is 0.390 e. The number of benzene rings is 2. The van der Waals surface area contributed by atoms with Crippen LogP contribution in [0.15, 0.2) is 72.8 Å². The van der Waals surface area contributed by atoms with Gasteiger partial charge in [-0.15, -0.1) is 0 Å². The second-order valence-electron chi connectivity index (χ2n) is 6.60. The van der Waals surface area contributed by atoms with E-state index in [2.05, 4.69) is 0 Å². The lowest BCUT2D eigenvalue weighted by atomic mass is 9.95. The summed E-state index contributed by atoms with van der Waals surface area (Å²) in [6.45, 7) is 0.731. The molecule has 26 heavy (non-hydrogen) atoms. The molecular weight excluding hydrogens is 328 g/mol. The monoisotopic (exact) mass is 354 g/mol. The molecule has 0 bridgehead atoms. The number of hydrogen-bond acceptors (Lipinski definition) is 4. The summed E-state index contributed by atoms with van der Waals surface area (Å²) in [7, 11) is 0. The van der Waals surface area contributed by atoms with Crippen molar-refractivity contribution >= 4 is 0 Å². The summed E-state index contributed by atoms with van der Waals surface area (Å²) < 4.78 is 12.0. The summed E-state index contributed by atoms with van der Waals surface area (Å²) in [6.07, 6.45) is 2.09. The number of hydrogen-bond donors (Lipinski definition) is 2. The van der Waals surface area contributed by atoms with Crippen molar-refractivity contribution in [3.05, 3.63) is 83.9 Å². The molecular formula is C22H26O4. The maximum Gasteiger partial charge on any atom is 0.113 e. The van der Waals surface area contributed by atoms with E-state index in [1.807, 2.05) is 72.8 Å². The number of aliphatic hydroxyl groups excluding tert-OH is 2. The molecule has 0 saturated carbocycles. The summed E-state index contributed by atoms with van der Waals surface area (Å²) in [6, 6.07) is 19.6. The Bertz CT molecular complexity index is 612. The van der Waals surface area contributed by atoms with Crippen LogP contribution < -0.4 is 0 Å². The number of ether oxygens (including phenoxy) is 2. The molecule has 2 aromatic carbocycles. The fraction of sp³-hybridized carbons (Fsp3) is 0.364. The smallest absolute Gasteiger partial charge is 0.113 e. The van der Waals surface area contributed by atoms with Crippen LogP contribution in [0.25, 0.3) is 0 Å². The van der Waals surface area contributed by atoms with Crippen LogP contribution in [0.3, 0.4) is 0 Å². The predicted molar refractivity (Wildman–Crippen MR) is 100 cm³/mol. The highest BCUT2D eigenvalue weighted by molar-refractivity contribution is 5.14. The van der Waals surface area contributed by atoms with E-state index in [1.54, 1.807) is 0 Å². The van der Waals surface area contributed by atoms with E-state index in [-0.39, 0.29) is 0 Å². The van der Waals surface area contributed by atoms with Crippen LogP contribution in [-0.4, -0.2) is 34.6 Å². The molecule has 0 fully saturated rings. The standard InChI is InChI=1S/C22H26O4/c23-19-13-7-8-14-20(24)22(26-16-18-11-5-2-6-12-18)21(19)25-15-17-9-3-1-4-10-17/h1-12,19-24H,13-16H2/b8-7-/t19-,20-,21-,22-/m1/s1. The summed E-state index contributed by atoms with van der Waals surface area (Å²) in [5.41, 5.74) is 2.04. The Hall–Kier alpha value is -1.98. The first-order valence-corrected chi connectivity index (χ1v) is 9.06. The highest BCUT2D eigenvalue weighted by Gasteiger charge is 2.35. The van der Waals surface area contributed by atoms with Crippen molar-refractivity contribution in [1.82, 2.24) is 0 Å². The Kier molecular flexibility index (Phi) is 6.97. The third-order valence-electron chi connectivity index (χ3n) is 4.57. The third kappa shape index (κ3) is 5.26. The van der Waals surface area contributed by atoms with E-state index in [4.69, 9.17) is 9.47 Å². The molecule has 0 aromatic heterocycles. The lowest BCUT2D eigenvalue weighted by molar-refractivity contribution is -0.165. The SMILES string of the molecule is O[C@@H]1C/C=C\C[C@@H](O)[C@@H](OCc2ccccc2)[C@@H]1OCc1ccccc1. The molecule has 3 rings (SSSR count). The van der Waals surface area contributed by atoms with Crippen LogP contribution in [-0.2, 0) is 22.7 Å². The van der Waals surface area contributed by atoms with Gasteiger partial charge >= 0.3 is 0 Å². The first-order valence-electron chi connectivity index (χ1n) is 9.06. The highest BCUT2D eigenvalue weighted by atomic mass is 16.6. The van der Waals surface area contributed by atoms with E-state index in [0.717, 1.165) is 11.1 Å². The average molecular weight is 354 g/mol. The molecule has 0 aliphatic heterocycles. The van der Waals surface area contributed by atoms with Gasteiger partial charge in [-0.05, 0) is 24.0 Å². The average Bonchev–Trinajstić information content (AvgIpc) is 2.68. The normalized spacial score (nSPS) is 27.5. The molecule has 1 aliphatic carbocycles. The van der Waals surface area contributed by atoms with E-state index >= 15 is 0 Å². The van der Waals surface area contributed by atoms with Crippen molar-refractivity contribution in [2.24, 2.45) is 0 Å². The molecule has 0 amide bonds. The number of rotatable bonds is 6. The Morgan fingerprint density at radius 2 is 1.04 bits per heavy atom. The van der Waals surface area contributed by atoms with Crippen molar-refractivity contribution in [3.63, 3.8) is 0 Å². The van der Waals surface area contributed by atoms with Crippen LogP contribution in [0.1, 0.15) is 24.0 Å². The molecule has 1 aliphatic rings. The minimum Gasteiger partial charge on any atom is -0.390 e. The van der Waals surface area contributed by atoms with Gasteiger partial charge in [0.15, 0.2) is 0 Å². The van der Waals surface area contributed by atoms with E-state index in [0.29, 0.717) is 26.1 Å². The van der Waals surface area contributed by atoms with Gasteiger partial charge in [0.25, 0.3) is 0 Å². The second-order valence-corrected chi connectivity index (χ2v) is 6.60. The molecule has 0 spiro atoms. The molecule has 0 heterocycles. The Morgan fingerprint density at radius 1 is 0.654 bits per heavy atom. The number of aliphatic hydroxyl groups is 2. The molecule has 0 saturated heterocycles. The van der Waals surface area contributed by atoms with Crippen molar-refractivity contribution < 1.29 is 19.7 Å². The maximum absolute atomic E-state index is 10.6. The van der Waals surface area contributed by atoms with Crippen LogP contribution in [0, 0.1) is 0 Å². The molecule has 4 heteroatoms. The fourth-order valence-corrected chi connectivity index (χ4v) is 3.12. The maximum atomic E-state index is 10.6. The van der Waals surface area contributed by atoms with Crippen molar-refractivity contribution in [3.8, 4) is 0 Å². The Morgan fingerprint density at radius 3 is 1.42 bits per heavy atom. The summed E-state index contributed by atoms with van der Waals surface area (Å²) in [5.74, 6) is 0. The van der Waals surface area contributed by atoms with Gasteiger partial charge in [0.2, 0.25) is 0 Å². The summed E-state index contributed by atoms with van der Waals surface area (Å²) in [4.78, 5) is 0. The lowest BCUT2D eigenvalue weighted by Crippen LogP contribution is -2.48. The van der Waals surface area contributed by atoms with Crippen LogP contribution >= 0.6 is 0 Å². The molecule has 0 radical (unpaired) electrons. The first-order chi connectivity index (χ1) is 12.7. The lowest BCUT2D eigenvalue weighted by Gasteiger charge is -2.34. The van der Waals surface area contributed by atoms with Crippen molar-refractivity contribution in [2.75, 3.05) is 0 Å². The van der Waals surface area contributed by atoms with Gasteiger partial charge < -0.3 is 19.7 Å². The van der Waals surface area contributed by atoms with Gasteiger partial charge in [-0.1, -0.05) is 72.8 Å².